The number of rotatable bonds is 23. The van der Waals surface area contributed by atoms with Gasteiger partial charge in [-0.3, -0.25) is 0 Å². The van der Waals surface area contributed by atoms with Crippen molar-refractivity contribution in [2.45, 2.75) is 97.3 Å². The zero-order valence-electron chi connectivity index (χ0n) is 28.6. The molecule has 0 saturated heterocycles. The first kappa shape index (κ1) is 54.8. The van der Waals surface area contributed by atoms with Gasteiger partial charge in [0.05, 0.1) is 41.3 Å². The van der Waals surface area contributed by atoms with Crippen LogP contribution >= 0.6 is 23.5 Å². The highest BCUT2D eigenvalue weighted by Crippen LogP contribution is 2.62. The highest BCUT2D eigenvalue weighted by atomic mass is 32.2. The van der Waals surface area contributed by atoms with E-state index in [1.54, 1.807) is 0 Å². The molecule has 0 spiro atoms. The van der Waals surface area contributed by atoms with Crippen LogP contribution in [0.1, 0.15) is 25.7 Å². The van der Waals surface area contributed by atoms with Gasteiger partial charge in [0.2, 0.25) is 0 Å². The molecule has 0 bridgehead atoms. The van der Waals surface area contributed by atoms with Gasteiger partial charge in [-0.15, -0.1) is 23.5 Å². The summed E-state index contributed by atoms with van der Waals surface area (Å²) in [6.45, 7) is 0.161. The maximum absolute atomic E-state index is 14.0. The zero-order valence-corrected chi connectivity index (χ0v) is 30.2. The fourth-order valence-corrected chi connectivity index (χ4v) is 6.46. The summed E-state index contributed by atoms with van der Waals surface area (Å²) >= 11 is 0.635. The average Bonchev–Trinajstić information content (AvgIpc) is 2.98. The lowest BCUT2D eigenvalue weighted by atomic mass is 9.93. The molecule has 0 heterocycles. The molecule has 0 unspecified atom stereocenters. The lowest BCUT2D eigenvalue weighted by molar-refractivity contribution is -0.884. The molecule has 0 aliphatic heterocycles. The maximum Gasteiger partial charge on any atom is 0.460 e. The molecule has 0 aromatic carbocycles. The number of quaternary nitrogens is 2. The quantitative estimate of drug-likeness (QED) is 0.0433. The van der Waals surface area contributed by atoms with E-state index in [4.69, 9.17) is 0 Å². The third-order valence-corrected chi connectivity index (χ3v) is 10.5. The Labute approximate surface area is 308 Å². The fourth-order valence-electron chi connectivity index (χ4n) is 4.15. The molecule has 0 radical (unpaired) electrons. The molecule has 0 amide bonds. The van der Waals surface area contributed by atoms with E-state index in [2.05, 4.69) is 0 Å². The summed E-state index contributed by atoms with van der Waals surface area (Å²) < 4.78 is 344. The number of halogens is 26. The normalized spacial score (nSPS) is 16.2. The van der Waals surface area contributed by atoms with Crippen LogP contribution in [-0.4, -0.2) is 145 Å². The second-order valence-electron chi connectivity index (χ2n) is 13.6. The van der Waals surface area contributed by atoms with Crippen LogP contribution in [0, 0.1) is 0 Å². The molecular weight excluding hydrogens is 898 g/mol. The summed E-state index contributed by atoms with van der Waals surface area (Å²) in [5, 5.41) is 0. The first-order valence-electron chi connectivity index (χ1n) is 14.8. The second kappa shape index (κ2) is 16.7. The minimum absolute atomic E-state index is 0.0804. The van der Waals surface area contributed by atoms with Crippen molar-refractivity contribution in [3.63, 3.8) is 0 Å². The van der Waals surface area contributed by atoms with Crippen LogP contribution in [0.15, 0.2) is 0 Å². The second-order valence-corrected chi connectivity index (χ2v) is 15.7. The van der Waals surface area contributed by atoms with Gasteiger partial charge in [-0.1, -0.05) is 0 Å². The summed E-state index contributed by atoms with van der Waals surface area (Å²) in [6.07, 6.45) is -19.5. The molecule has 0 atom stereocenters. The number of unbranched alkanes of at least 4 members (excludes halogenated alkanes) is 1. The van der Waals surface area contributed by atoms with E-state index in [9.17, 15) is 114 Å². The molecule has 0 saturated carbocycles. The first-order chi connectivity index (χ1) is 24.1. The first-order valence-corrected chi connectivity index (χ1v) is 17.1. The van der Waals surface area contributed by atoms with Crippen LogP contribution in [0.3, 0.4) is 0 Å². The lowest BCUT2D eigenvalue weighted by Crippen LogP contribution is -2.70. The van der Waals surface area contributed by atoms with E-state index in [1.165, 1.54) is 28.2 Å². The predicted molar refractivity (Wildman–Crippen MR) is 149 cm³/mol. The van der Waals surface area contributed by atoms with Crippen LogP contribution in [-0.2, 0) is 0 Å². The van der Waals surface area contributed by atoms with Gasteiger partial charge >= 0.3 is 71.6 Å². The molecule has 2 nitrogen and oxygen atoms in total. The number of hydrogen-bond acceptors (Lipinski definition) is 2. The van der Waals surface area contributed by atoms with E-state index in [1.807, 2.05) is 0 Å². The van der Waals surface area contributed by atoms with Crippen molar-refractivity contribution in [2.75, 3.05) is 64.5 Å². The van der Waals surface area contributed by atoms with E-state index < -0.39 is 95.9 Å². The van der Waals surface area contributed by atoms with Crippen LogP contribution in [0.5, 0.6) is 0 Å². The number of nitrogens with zero attached hydrogens (tertiary/aromatic N) is 2. The summed E-state index contributed by atoms with van der Waals surface area (Å²) in [5.41, 5.74) is 0. The summed E-state index contributed by atoms with van der Waals surface area (Å²) in [4.78, 5) is 0. The largest absolute Gasteiger partial charge is 0.460 e. The van der Waals surface area contributed by atoms with E-state index in [-0.39, 0.29) is 46.7 Å². The van der Waals surface area contributed by atoms with Gasteiger partial charge in [-0.05, 0) is 0 Å². The van der Waals surface area contributed by atoms with Gasteiger partial charge in [0, 0.05) is 37.2 Å². The summed E-state index contributed by atoms with van der Waals surface area (Å²) in [6, 6.07) is 0. The molecular formula is C26H32F26N2S2+2. The Morgan fingerprint density at radius 1 is 0.321 bits per heavy atom. The molecule has 338 valence electrons. The van der Waals surface area contributed by atoms with E-state index in [0.717, 1.165) is 0 Å². The van der Waals surface area contributed by atoms with Crippen LogP contribution < -0.4 is 0 Å². The van der Waals surface area contributed by atoms with E-state index in [0.29, 0.717) is 23.5 Å². The Hall–Kier alpha value is -1.20. The van der Waals surface area contributed by atoms with Crippen LogP contribution in [0.25, 0.3) is 0 Å². The molecule has 30 heteroatoms. The van der Waals surface area contributed by atoms with Crippen LogP contribution in [0.2, 0.25) is 0 Å². The molecule has 0 N–H and O–H groups in total. The molecule has 0 rings (SSSR count). The number of thioether (sulfide) groups is 2. The Balaban J connectivity index is 5.15. The standard InChI is InChI=1S/C26H32F26N2S2/c1-53(2,13-55-11-7-15(27,28)17(31,32)19(35,36)21(39,40)23(43,44)25(47,48)49)9-5-6-10-54(3,4)14-56-12-8-16(29,30)18(33,34)20(37,38)22(41,42)24(45,46)26(50,51)52/h5-14H2,1-4H3/q+2. The van der Waals surface area contributed by atoms with Crippen molar-refractivity contribution in [3.05, 3.63) is 0 Å². The number of alkyl halides is 26. The van der Waals surface area contributed by atoms with Gasteiger partial charge in [0.1, 0.15) is 11.8 Å². The third-order valence-electron chi connectivity index (χ3n) is 7.78. The van der Waals surface area contributed by atoms with Gasteiger partial charge in [0.25, 0.3) is 0 Å². The van der Waals surface area contributed by atoms with Crippen molar-refractivity contribution in [2.24, 2.45) is 0 Å². The van der Waals surface area contributed by atoms with Crippen molar-refractivity contribution < 1.29 is 123 Å². The Morgan fingerprint density at radius 3 is 0.750 bits per heavy atom. The van der Waals surface area contributed by atoms with Crippen molar-refractivity contribution in [3.8, 4) is 0 Å². The summed E-state index contributed by atoms with van der Waals surface area (Å²) in [5.74, 6) is -78.0. The van der Waals surface area contributed by atoms with Crippen molar-refractivity contribution in [1.82, 2.24) is 0 Å². The summed E-state index contributed by atoms with van der Waals surface area (Å²) in [7, 11) is 5.51. The Morgan fingerprint density at radius 2 is 0.536 bits per heavy atom. The van der Waals surface area contributed by atoms with E-state index >= 15 is 0 Å². The molecule has 0 aliphatic carbocycles. The predicted octanol–water partition coefficient (Wildman–Crippen LogP) is 11.6. The molecule has 0 aromatic heterocycles. The minimum Gasteiger partial charge on any atom is -0.320 e. The third kappa shape index (κ3) is 10.6. The Kier molecular flexibility index (Phi) is 16.3. The maximum atomic E-state index is 14.0. The number of hydrogen-bond donors (Lipinski definition) is 0. The van der Waals surface area contributed by atoms with Gasteiger partial charge in [0.15, 0.2) is 0 Å². The minimum atomic E-state index is -8.02. The zero-order chi connectivity index (χ0) is 45.5. The molecule has 0 aromatic rings. The average molecular weight is 931 g/mol. The monoisotopic (exact) mass is 930 g/mol. The fraction of sp³-hybridized carbons (Fsp3) is 1.00. The van der Waals surface area contributed by atoms with Gasteiger partial charge < -0.3 is 8.97 Å². The van der Waals surface area contributed by atoms with Gasteiger partial charge in [-0.2, -0.15) is 114 Å². The topological polar surface area (TPSA) is 0 Å². The lowest BCUT2D eigenvalue weighted by Gasteiger charge is -2.39. The van der Waals surface area contributed by atoms with Crippen molar-refractivity contribution >= 4 is 23.5 Å². The SMILES string of the molecule is C[N+](C)(CCCC[N+](C)(C)CSCCC(F)(F)C(F)(F)C(F)(F)C(F)(F)C(F)(F)C(F)(F)F)CSCCC(F)(F)C(F)(F)C(F)(F)C(F)(F)C(F)(F)C(F)(F)F. The van der Waals surface area contributed by atoms with Crippen molar-refractivity contribution in [1.29, 1.82) is 0 Å². The van der Waals surface area contributed by atoms with Gasteiger partial charge in [-0.25, -0.2) is 0 Å². The Bertz CT molecular complexity index is 1180. The highest BCUT2D eigenvalue weighted by Gasteiger charge is 2.92. The highest BCUT2D eigenvalue weighted by molar-refractivity contribution is 7.99. The smallest absolute Gasteiger partial charge is 0.320 e. The molecule has 0 aliphatic rings. The van der Waals surface area contributed by atoms with Crippen LogP contribution in [0.4, 0.5) is 114 Å². The molecule has 56 heavy (non-hydrogen) atoms. The molecule has 0 fully saturated rings.